The van der Waals surface area contributed by atoms with Gasteiger partial charge in [0.15, 0.2) is 0 Å². The van der Waals surface area contributed by atoms with Gasteiger partial charge in [0.05, 0.1) is 6.61 Å². The molecule has 0 heterocycles. The van der Waals surface area contributed by atoms with Crippen LogP contribution in [0.3, 0.4) is 0 Å². The predicted octanol–water partition coefficient (Wildman–Crippen LogP) is 0.822. The first-order valence-electron chi connectivity index (χ1n) is 5.89. The molecule has 0 unspecified atom stereocenters. The SMILES string of the molecule is OB(O)c1cc(F)ccc1COCCC1CC1. The van der Waals surface area contributed by atoms with Gasteiger partial charge < -0.3 is 14.8 Å². The van der Waals surface area contributed by atoms with Gasteiger partial charge in [0.2, 0.25) is 0 Å². The first kappa shape index (κ1) is 12.5. The predicted molar refractivity (Wildman–Crippen MR) is 63.2 cm³/mol. The van der Waals surface area contributed by atoms with Crippen molar-refractivity contribution in [1.82, 2.24) is 0 Å². The van der Waals surface area contributed by atoms with Gasteiger partial charge in [-0.3, -0.25) is 0 Å². The molecule has 5 heteroatoms. The van der Waals surface area contributed by atoms with E-state index >= 15 is 0 Å². The standard InChI is InChI=1S/C12H16BFO3/c14-11-4-3-10(12(7-11)13(15)16)8-17-6-5-9-1-2-9/h3-4,7,9,15-16H,1-2,5-6,8H2. The third-order valence-electron chi connectivity index (χ3n) is 3.01. The summed E-state index contributed by atoms with van der Waals surface area (Å²) in [4.78, 5) is 0. The minimum atomic E-state index is -1.66. The molecule has 3 nitrogen and oxygen atoms in total. The maximum absolute atomic E-state index is 12.9. The number of ether oxygens (including phenoxy) is 1. The second-order valence-electron chi connectivity index (χ2n) is 4.50. The Bertz CT molecular complexity index is 380. The van der Waals surface area contributed by atoms with E-state index in [1.807, 2.05) is 0 Å². The van der Waals surface area contributed by atoms with Crippen LogP contribution in [0.1, 0.15) is 24.8 Å². The first-order valence-corrected chi connectivity index (χ1v) is 5.89. The summed E-state index contributed by atoms with van der Waals surface area (Å²) in [6, 6.07) is 3.96. The highest BCUT2D eigenvalue weighted by molar-refractivity contribution is 6.59. The highest BCUT2D eigenvalue weighted by Gasteiger charge is 2.21. The molecule has 1 saturated carbocycles. The number of hydrogen-bond acceptors (Lipinski definition) is 3. The summed E-state index contributed by atoms with van der Waals surface area (Å²) in [7, 11) is -1.66. The topological polar surface area (TPSA) is 49.7 Å². The van der Waals surface area contributed by atoms with Gasteiger partial charge in [-0.25, -0.2) is 4.39 Å². The van der Waals surface area contributed by atoms with Crippen molar-refractivity contribution in [2.24, 2.45) is 5.92 Å². The average molecular weight is 238 g/mol. The van der Waals surface area contributed by atoms with E-state index in [0.717, 1.165) is 18.4 Å². The van der Waals surface area contributed by atoms with E-state index in [-0.39, 0.29) is 5.46 Å². The Morgan fingerprint density at radius 2 is 2.12 bits per heavy atom. The van der Waals surface area contributed by atoms with Crippen molar-refractivity contribution in [3.8, 4) is 0 Å². The summed E-state index contributed by atoms with van der Waals surface area (Å²) in [5, 5.41) is 18.2. The van der Waals surface area contributed by atoms with Crippen LogP contribution in [0, 0.1) is 11.7 Å². The monoisotopic (exact) mass is 238 g/mol. The normalized spacial score (nSPS) is 15.0. The molecule has 0 bridgehead atoms. The van der Waals surface area contributed by atoms with Gasteiger partial charge in [-0.2, -0.15) is 0 Å². The van der Waals surface area contributed by atoms with Crippen molar-refractivity contribution in [2.75, 3.05) is 6.61 Å². The smallest absolute Gasteiger partial charge is 0.423 e. The van der Waals surface area contributed by atoms with Crippen molar-refractivity contribution in [3.05, 3.63) is 29.6 Å². The van der Waals surface area contributed by atoms with Crippen LogP contribution in [-0.4, -0.2) is 23.8 Å². The Morgan fingerprint density at radius 1 is 1.35 bits per heavy atom. The molecule has 0 saturated heterocycles. The minimum absolute atomic E-state index is 0.177. The van der Waals surface area contributed by atoms with Crippen molar-refractivity contribution in [3.63, 3.8) is 0 Å². The zero-order chi connectivity index (χ0) is 12.3. The molecular weight excluding hydrogens is 222 g/mol. The fourth-order valence-corrected chi connectivity index (χ4v) is 1.78. The van der Waals surface area contributed by atoms with Gasteiger partial charge in [-0.05, 0) is 35.5 Å². The molecule has 0 radical (unpaired) electrons. The van der Waals surface area contributed by atoms with Gasteiger partial charge in [-0.15, -0.1) is 0 Å². The number of rotatable bonds is 6. The molecule has 2 N–H and O–H groups in total. The lowest BCUT2D eigenvalue weighted by atomic mass is 9.77. The zero-order valence-corrected chi connectivity index (χ0v) is 9.60. The average Bonchev–Trinajstić information content (AvgIpc) is 3.09. The Labute approximate surface area is 100 Å². The maximum atomic E-state index is 12.9. The Morgan fingerprint density at radius 3 is 2.76 bits per heavy atom. The molecule has 0 spiro atoms. The fourth-order valence-electron chi connectivity index (χ4n) is 1.78. The van der Waals surface area contributed by atoms with Crippen LogP contribution in [0.2, 0.25) is 0 Å². The Hall–Kier alpha value is -0.905. The molecule has 0 aromatic heterocycles. The Kier molecular flexibility index (Phi) is 4.15. The first-order chi connectivity index (χ1) is 8.16. The van der Waals surface area contributed by atoms with E-state index in [9.17, 15) is 4.39 Å². The fraction of sp³-hybridized carbons (Fsp3) is 0.500. The molecular formula is C12H16BFO3. The van der Waals surface area contributed by atoms with E-state index in [1.165, 1.54) is 25.0 Å². The molecule has 1 aliphatic carbocycles. The molecule has 1 aromatic carbocycles. The molecule has 92 valence electrons. The van der Waals surface area contributed by atoms with Gasteiger partial charge in [0.25, 0.3) is 0 Å². The lowest BCUT2D eigenvalue weighted by molar-refractivity contribution is 0.115. The third-order valence-corrected chi connectivity index (χ3v) is 3.01. The summed E-state index contributed by atoms with van der Waals surface area (Å²) in [5.41, 5.74) is 0.800. The second-order valence-corrected chi connectivity index (χ2v) is 4.50. The lowest BCUT2D eigenvalue weighted by Crippen LogP contribution is -2.33. The number of benzene rings is 1. The van der Waals surface area contributed by atoms with Crippen LogP contribution in [0.4, 0.5) is 4.39 Å². The van der Waals surface area contributed by atoms with Crippen molar-refractivity contribution in [1.29, 1.82) is 0 Å². The molecule has 1 aromatic rings. The van der Waals surface area contributed by atoms with Crippen LogP contribution in [0.15, 0.2) is 18.2 Å². The number of hydrogen-bond donors (Lipinski definition) is 2. The molecule has 1 aliphatic rings. The molecule has 17 heavy (non-hydrogen) atoms. The van der Waals surface area contributed by atoms with Crippen LogP contribution >= 0.6 is 0 Å². The van der Waals surface area contributed by atoms with Crippen molar-refractivity contribution < 1.29 is 19.2 Å². The van der Waals surface area contributed by atoms with E-state index in [1.54, 1.807) is 0 Å². The zero-order valence-electron chi connectivity index (χ0n) is 9.60. The van der Waals surface area contributed by atoms with Crippen molar-refractivity contribution in [2.45, 2.75) is 25.9 Å². The van der Waals surface area contributed by atoms with Crippen molar-refractivity contribution >= 4 is 12.6 Å². The van der Waals surface area contributed by atoms with E-state index in [4.69, 9.17) is 14.8 Å². The largest absolute Gasteiger partial charge is 0.488 e. The molecule has 0 amide bonds. The van der Waals surface area contributed by atoms with Crippen LogP contribution in [-0.2, 0) is 11.3 Å². The van der Waals surface area contributed by atoms with E-state index < -0.39 is 12.9 Å². The number of halogens is 1. The van der Waals surface area contributed by atoms with Gasteiger partial charge >= 0.3 is 7.12 Å². The van der Waals surface area contributed by atoms with Crippen LogP contribution < -0.4 is 5.46 Å². The van der Waals surface area contributed by atoms with Gasteiger partial charge in [0.1, 0.15) is 5.82 Å². The molecule has 0 aliphatic heterocycles. The summed E-state index contributed by atoms with van der Waals surface area (Å²) < 4.78 is 18.4. The molecule has 0 atom stereocenters. The minimum Gasteiger partial charge on any atom is -0.423 e. The van der Waals surface area contributed by atoms with E-state index in [0.29, 0.717) is 18.8 Å². The van der Waals surface area contributed by atoms with Crippen LogP contribution in [0.5, 0.6) is 0 Å². The summed E-state index contributed by atoms with van der Waals surface area (Å²) >= 11 is 0. The highest BCUT2D eigenvalue weighted by Crippen LogP contribution is 2.32. The van der Waals surface area contributed by atoms with Gasteiger partial charge in [-0.1, -0.05) is 18.9 Å². The molecule has 1 fully saturated rings. The van der Waals surface area contributed by atoms with E-state index in [2.05, 4.69) is 0 Å². The maximum Gasteiger partial charge on any atom is 0.488 e. The van der Waals surface area contributed by atoms with Gasteiger partial charge in [0, 0.05) is 6.61 Å². The quantitative estimate of drug-likeness (QED) is 0.569. The Balaban J connectivity index is 1.89. The highest BCUT2D eigenvalue weighted by atomic mass is 19.1. The van der Waals surface area contributed by atoms with Crippen LogP contribution in [0.25, 0.3) is 0 Å². The summed E-state index contributed by atoms with van der Waals surface area (Å²) in [6.45, 7) is 0.961. The summed E-state index contributed by atoms with van der Waals surface area (Å²) in [6.07, 6.45) is 3.64. The third kappa shape index (κ3) is 3.80. The second kappa shape index (κ2) is 5.62. The molecule has 2 rings (SSSR count). The lowest BCUT2D eigenvalue weighted by Gasteiger charge is -2.09. The summed E-state index contributed by atoms with van der Waals surface area (Å²) in [5.74, 6) is 0.334.